The van der Waals surface area contributed by atoms with Crippen molar-refractivity contribution < 1.29 is 9.53 Å². The Labute approximate surface area is 124 Å². The highest BCUT2D eigenvalue weighted by molar-refractivity contribution is 6.30. The van der Waals surface area contributed by atoms with Crippen molar-refractivity contribution in [3.05, 3.63) is 34.3 Å². The van der Waals surface area contributed by atoms with Gasteiger partial charge in [-0.2, -0.15) is 0 Å². The van der Waals surface area contributed by atoms with E-state index >= 15 is 0 Å². The van der Waals surface area contributed by atoms with Gasteiger partial charge in [-0.05, 0) is 30.2 Å². The van der Waals surface area contributed by atoms with E-state index < -0.39 is 0 Å². The molecule has 2 heterocycles. The second kappa shape index (κ2) is 5.72. The van der Waals surface area contributed by atoms with E-state index in [1.54, 1.807) is 0 Å². The molecule has 0 unspecified atom stereocenters. The number of ether oxygens (including phenoxy) is 1. The zero-order valence-corrected chi connectivity index (χ0v) is 12.3. The summed E-state index contributed by atoms with van der Waals surface area (Å²) in [7, 11) is 0. The molecule has 2 atom stereocenters. The van der Waals surface area contributed by atoms with Gasteiger partial charge in [-0.3, -0.25) is 9.69 Å². The molecule has 3 rings (SSSR count). The first-order chi connectivity index (χ1) is 9.61. The lowest BCUT2D eigenvalue weighted by atomic mass is 10.1. The van der Waals surface area contributed by atoms with Crippen LogP contribution in [0.2, 0.25) is 5.02 Å². The van der Waals surface area contributed by atoms with Crippen molar-refractivity contribution in [2.75, 3.05) is 26.3 Å². The van der Waals surface area contributed by atoms with Crippen LogP contribution in [-0.4, -0.2) is 43.2 Å². The van der Waals surface area contributed by atoms with Crippen LogP contribution in [0.5, 0.6) is 0 Å². The lowest BCUT2D eigenvalue weighted by Crippen LogP contribution is -2.41. The topological polar surface area (TPSA) is 41.6 Å². The number of hydrogen-bond acceptors (Lipinski definition) is 3. The third-order valence-corrected chi connectivity index (χ3v) is 4.25. The molecule has 2 aliphatic rings. The summed E-state index contributed by atoms with van der Waals surface area (Å²) in [6.07, 6.45) is 0. The van der Waals surface area contributed by atoms with Gasteiger partial charge in [-0.15, -0.1) is 0 Å². The zero-order chi connectivity index (χ0) is 14.1. The Balaban J connectivity index is 1.76. The first-order valence-corrected chi connectivity index (χ1v) is 7.35. The summed E-state index contributed by atoms with van der Waals surface area (Å²) in [4.78, 5) is 14.3. The van der Waals surface area contributed by atoms with Gasteiger partial charge in [0.25, 0.3) is 0 Å². The molecule has 0 aliphatic carbocycles. The molecule has 4 nitrogen and oxygen atoms in total. The Morgan fingerprint density at radius 1 is 1.40 bits per heavy atom. The van der Waals surface area contributed by atoms with E-state index in [4.69, 9.17) is 16.3 Å². The number of nitrogens with one attached hydrogen (secondary N) is 1. The van der Waals surface area contributed by atoms with Crippen molar-refractivity contribution in [1.82, 2.24) is 10.2 Å². The summed E-state index contributed by atoms with van der Waals surface area (Å²) < 4.78 is 5.54. The minimum atomic E-state index is -0.0601. The van der Waals surface area contributed by atoms with Crippen molar-refractivity contribution >= 4 is 17.5 Å². The normalized spacial score (nSPS) is 27.0. The Morgan fingerprint density at radius 3 is 3.05 bits per heavy atom. The molecule has 20 heavy (non-hydrogen) atoms. The van der Waals surface area contributed by atoms with Gasteiger partial charge < -0.3 is 10.1 Å². The fraction of sp³-hybridized carbons (Fsp3) is 0.533. The maximum Gasteiger partial charge on any atom is 0.227 e. The van der Waals surface area contributed by atoms with Crippen molar-refractivity contribution in [3.8, 4) is 0 Å². The Bertz CT molecular complexity index is 521. The van der Waals surface area contributed by atoms with Crippen LogP contribution in [0.1, 0.15) is 11.1 Å². The highest BCUT2D eigenvalue weighted by Crippen LogP contribution is 2.20. The Kier molecular flexibility index (Phi) is 3.96. The minimum Gasteiger partial charge on any atom is -0.378 e. The van der Waals surface area contributed by atoms with Crippen LogP contribution < -0.4 is 5.32 Å². The van der Waals surface area contributed by atoms with Gasteiger partial charge in [-0.25, -0.2) is 0 Å². The molecule has 2 saturated heterocycles. The van der Waals surface area contributed by atoms with Gasteiger partial charge >= 0.3 is 0 Å². The molecular formula is C15H19ClN2O2. The van der Waals surface area contributed by atoms with Crippen LogP contribution in [0.15, 0.2) is 18.2 Å². The zero-order valence-electron chi connectivity index (χ0n) is 11.6. The highest BCUT2D eigenvalue weighted by atomic mass is 35.5. The molecule has 1 aromatic carbocycles. The van der Waals surface area contributed by atoms with Crippen LogP contribution >= 0.6 is 11.6 Å². The number of nitrogens with zero attached hydrogens (tertiary/aromatic N) is 1. The lowest BCUT2D eigenvalue weighted by Gasteiger charge is -2.28. The Hall–Kier alpha value is -1.10. The first-order valence-electron chi connectivity index (χ1n) is 6.97. The van der Waals surface area contributed by atoms with Crippen LogP contribution in [0, 0.1) is 12.8 Å². The number of fused-ring (bicyclic) bond motifs is 3. The molecule has 1 N–H and O–H groups in total. The number of halogens is 1. The van der Waals surface area contributed by atoms with Crippen LogP contribution in [-0.2, 0) is 16.1 Å². The summed E-state index contributed by atoms with van der Waals surface area (Å²) in [6, 6.07) is 6.09. The van der Waals surface area contributed by atoms with E-state index in [9.17, 15) is 4.79 Å². The monoisotopic (exact) mass is 294 g/mol. The van der Waals surface area contributed by atoms with Crippen molar-refractivity contribution in [2.24, 2.45) is 5.92 Å². The number of rotatable bonds is 2. The van der Waals surface area contributed by atoms with Gasteiger partial charge in [-0.1, -0.05) is 17.7 Å². The van der Waals surface area contributed by atoms with Gasteiger partial charge in [0.15, 0.2) is 0 Å². The summed E-state index contributed by atoms with van der Waals surface area (Å²) in [5.41, 5.74) is 2.46. The standard InChI is InChI=1S/C15H19ClN2O2/c1-10-4-13(16)3-2-11(10)5-18-6-12-8-20-9-14(7-18)17-15(12)19/h2-4,12,14H,5-9H2,1H3,(H,17,19)/t12-,14+/m1/s1. The average Bonchev–Trinajstić information content (AvgIpc) is 2.61. The number of carbonyl (C=O) groups excluding carboxylic acids is 1. The summed E-state index contributed by atoms with van der Waals surface area (Å²) in [6.45, 7) is 5.66. The highest BCUT2D eigenvalue weighted by Gasteiger charge is 2.33. The number of hydrogen-bond donors (Lipinski definition) is 1. The smallest absolute Gasteiger partial charge is 0.227 e. The maximum atomic E-state index is 12.0. The fourth-order valence-corrected chi connectivity index (χ4v) is 3.15. The van der Waals surface area contributed by atoms with Crippen LogP contribution in [0.25, 0.3) is 0 Å². The van der Waals surface area contributed by atoms with Crippen molar-refractivity contribution in [3.63, 3.8) is 0 Å². The summed E-state index contributed by atoms with van der Waals surface area (Å²) in [5, 5.41) is 3.82. The fourth-order valence-electron chi connectivity index (χ4n) is 2.93. The molecule has 5 heteroatoms. The summed E-state index contributed by atoms with van der Waals surface area (Å²) >= 11 is 6.00. The van der Waals surface area contributed by atoms with E-state index in [-0.39, 0.29) is 17.9 Å². The largest absolute Gasteiger partial charge is 0.378 e. The third-order valence-electron chi connectivity index (χ3n) is 4.01. The van der Waals surface area contributed by atoms with Gasteiger partial charge in [0.05, 0.1) is 25.2 Å². The van der Waals surface area contributed by atoms with E-state index in [1.165, 1.54) is 11.1 Å². The molecule has 1 amide bonds. The third kappa shape index (κ3) is 2.97. The van der Waals surface area contributed by atoms with E-state index in [0.29, 0.717) is 13.2 Å². The molecule has 0 spiro atoms. The molecule has 1 aromatic rings. The predicted molar refractivity (Wildman–Crippen MR) is 77.7 cm³/mol. The molecule has 0 saturated carbocycles. The van der Waals surface area contributed by atoms with Crippen molar-refractivity contribution in [1.29, 1.82) is 0 Å². The number of benzene rings is 1. The predicted octanol–water partition coefficient (Wildman–Crippen LogP) is 1.60. The minimum absolute atomic E-state index is 0.0601. The quantitative estimate of drug-likeness (QED) is 0.901. The number of aryl methyl sites for hydroxylation is 1. The van der Waals surface area contributed by atoms with E-state index in [1.807, 2.05) is 12.1 Å². The number of carbonyl (C=O) groups is 1. The van der Waals surface area contributed by atoms with E-state index in [2.05, 4.69) is 23.2 Å². The molecular weight excluding hydrogens is 276 g/mol. The second-order valence-corrected chi connectivity index (χ2v) is 6.14. The van der Waals surface area contributed by atoms with Gasteiger partial charge in [0, 0.05) is 24.7 Å². The SMILES string of the molecule is Cc1cc(Cl)ccc1CN1C[C@H]2COC[C@@H](C1)C(=O)N2. The molecule has 2 aliphatic heterocycles. The molecule has 2 bridgehead atoms. The van der Waals surface area contributed by atoms with Crippen LogP contribution in [0.3, 0.4) is 0 Å². The summed E-state index contributed by atoms with van der Waals surface area (Å²) in [5.74, 6) is 0.0675. The van der Waals surface area contributed by atoms with E-state index in [0.717, 1.165) is 24.7 Å². The first kappa shape index (κ1) is 13.9. The van der Waals surface area contributed by atoms with Gasteiger partial charge in [0.2, 0.25) is 5.91 Å². The number of amides is 1. The molecule has 0 radical (unpaired) electrons. The molecule has 108 valence electrons. The van der Waals surface area contributed by atoms with Gasteiger partial charge in [0.1, 0.15) is 0 Å². The van der Waals surface area contributed by atoms with Crippen molar-refractivity contribution in [2.45, 2.75) is 19.5 Å². The Morgan fingerprint density at radius 2 is 2.25 bits per heavy atom. The maximum absolute atomic E-state index is 12.0. The second-order valence-electron chi connectivity index (χ2n) is 5.70. The average molecular weight is 295 g/mol. The van der Waals surface area contributed by atoms with Crippen LogP contribution in [0.4, 0.5) is 0 Å². The lowest BCUT2D eigenvalue weighted by molar-refractivity contribution is -0.125. The molecule has 0 aromatic heterocycles. The molecule has 2 fully saturated rings.